The SMILES string of the molecule is Cc1nn(C)c2ncc(S(=O)(=O)N3C[C@H](CO)[C@H](c4ccsc4)C3)cc12. The summed E-state index contributed by atoms with van der Waals surface area (Å²) in [7, 11) is -1.89. The summed E-state index contributed by atoms with van der Waals surface area (Å²) in [6.45, 7) is 2.48. The van der Waals surface area contributed by atoms with E-state index in [2.05, 4.69) is 10.1 Å². The first-order valence-electron chi connectivity index (χ1n) is 8.34. The fourth-order valence-electron chi connectivity index (χ4n) is 3.66. The molecule has 26 heavy (non-hydrogen) atoms. The predicted octanol–water partition coefficient (Wildman–Crippen LogP) is 1.73. The highest BCUT2D eigenvalue weighted by Gasteiger charge is 2.40. The molecule has 2 atom stereocenters. The Morgan fingerprint density at radius 1 is 1.38 bits per heavy atom. The minimum absolute atomic E-state index is 0.0119. The number of rotatable bonds is 4. The van der Waals surface area contributed by atoms with Gasteiger partial charge in [0.1, 0.15) is 4.90 Å². The van der Waals surface area contributed by atoms with Crippen LogP contribution >= 0.6 is 11.3 Å². The van der Waals surface area contributed by atoms with Crippen LogP contribution in [-0.4, -0.2) is 52.3 Å². The minimum Gasteiger partial charge on any atom is -0.396 e. The van der Waals surface area contributed by atoms with Gasteiger partial charge < -0.3 is 5.11 Å². The van der Waals surface area contributed by atoms with Crippen molar-refractivity contribution in [3.8, 4) is 0 Å². The monoisotopic (exact) mass is 392 g/mol. The summed E-state index contributed by atoms with van der Waals surface area (Å²) >= 11 is 1.58. The van der Waals surface area contributed by atoms with E-state index in [0.29, 0.717) is 18.7 Å². The molecular formula is C17H20N4O3S2. The number of fused-ring (bicyclic) bond motifs is 1. The number of nitrogens with zero attached hydrogens (tertiary/aromatic N) is 4. The van der Waals surface area contributed by atoms with Gasteiger partial charge in [0.25, 0.3) is 0 Å². The molecule has 7 nitrogen and oxygen atoms in total. The Labute approximate surface area is 156 Å². The van der Waals surface area contributed by atoms with E-state index in [1.807, 2.05) is 23.8 Å². The summed E-state index contributed by atoms with van der Waals surface area (Å²) in [5, 5.41) is 18.8. The third-order valence-corrected chi connectivity index (χ3v) is 7.59. The van der Waals surface area contributed by atoms with Crippen molar-refractivity contribution >= 4 is 32.4 Å². The molecule has 1 aliphatic heterocycles. The Hall–Kier alpha value is -1.81. The van der Waals surface area contributed by atoms with E-state index in [4.69, 9.17) is 0 Å². The van der Waals surface area contributed by atoms with Gasteiger partial charge >= 0.3 is 0 Å². The first-order chi connectivity index (χ1) is 12.4. The highest BCUT2D eigenvalue weighted by atomic mass is 32.2. The fourth-order valence-corrected chi connectivity index (χ4v) is 5.88. The van der Waals surface area contributed by atoms with Crippen molar-refractivity contribution < 1.29 is 13.5 Å². The molecule has 3 aromatic heterocycles. The van der Waals surface area contributed by atoms with Crippen molar-refractivity contribution in [1.82, 2.24) is 19.1 Å². The van der Waals surface area contributed by atoms with E-state index in [-0.39, 0.29) is 23.3 Å². The second-order valence-corrected chi connectivity index (χ2v) is 9.40. The Bertz CT molecular complexity index is 1040. The summed E-state index contributed by atoms with van der Waals surface area (Å²) < 4.78 is 29.4. The average Bonchev–Trinajstić information content (AvgIpc) is 3.34. The van der Waals surface area contributed by atoms with Crippen LogP contribution in [0.5, 0.6) is 0 Å². The van der Waals surface area contributed by atoms with Crippen molar-refractivity contribution in [3.05, 3.63) is 40.3 Å². The standard InChI is InChI=1S/C17H20N4O3S2/c1-11-15-5-14(6-18-17(15)20(2)19-11)26(23,24)21-7-13(9-22)16(8-21)12-3-4-25-10-12/h3-6,10,13,16,22H,7-9H2,1-2H3/t13-,16+/m1/s1. The second kappa shape index (κ2) is 6.41. The molecule has 1 aliphatic rings. The van der Waals surface area contributed by atoms with Gasteiger partial charge in [-0.05, 0) is 35.4 Å². The lowest BCUT2D eigenvalue weighted by molar-refractivity contribution is 0.223. The third kappa shape index (κ3) is 2.75. The largest absolute Gasteiger partial charge is 0.396 e. The number of aliphatic hydroxyl groups excluding tert-OH is 1. The molecule has 0 spiro atoms. The molecule has 4 rings (SSSR count). The van der Waals surface area contributed by atoms with Gasteiger partial charge in [-0.15, -0.1) is 0 Å². The van der Waals surface area contributed by atoms with Crippen LogP contribution in [0.3, 0.4) is 0 Å². The Morgan fingerprint density at radius 2 is 2.19 bits per heavy atom. The van der Waals surface area contributed by atoms with Crippen LogP contribution in [0.15, 0.2) is 34.0 Å². The number of aryl methyl sites for hydroxylation is 2. The van der Waals surface area contributed by atoms with Crippen molar-refractivity contribution in [1.29, 1.82) is 0 Å². The summed E-state index contributed by atoms with van der Waals surface area (Å²) in [6, 6.07) is 3.65. The zero-order valence-corrected chi connectivity index (χ0v) is 16.2. The molecule has 0 bridgehead atoms. The molecule has 0 radical (unpaired) electrons. The van der Waals surface area contributed by atoms with Gasteiger partial charge in [0, 0.05) is 50.2 Å². The van der Waals surface area contributed by atoms with Gasteiger partial charge in [-0.3, -0.25) is 4.68 Å². The van der Waals surface area contributed by atoms with Gasteiger partial charge in [-0.1, -0.05) is 0 Å². The first-order valence-corrected chi connectivity index (χ1v) is 10.7. The highest BCUT2D eigenvalue weighted by molar-refractivity contribution is 7.89. The summed E-state index contributed by atoms with van der Waals surface area (Å²) in [5.74, 6) is -0.0889. The maximum atomic E-state index is 13.2. The van der Waals surface area contributed by atoms with Crippen LogP contribution in [0.2, 0.25) is 0 Å². The molecule has 0 unspecified atom stereocenters. The molecule has 138 valence electrons. The molecule has 0 aliphatic carbocycles. The van der Waals surface area contributed by atoms with E-state index in [0.717, 1.165) is 16.6 Å². The van der Waals surface area contributed by atoms with Crippen LogP contribution < -0.4 is 0 Å². The minimum atomic E-state index is -3.68. The normalized spacial score (nSPS) is 21.7. The lowest BCUT2D eigenvalue weighted by atomic mass is 9.92. The van der Waals surface area contributed by atoms with Crippen molar-refractivity contribution in [3.63, 3.8) is 0 Å². The topological polar surface area (TPSA) is 88.3 Å². The maximum Gasteiger partial charge on any atom is 0.244 e. The van der Waals surface area contributed by atoms with E-state index in [9.17, 15) is 13.5 Å². The maximum absolute atomic E-state index is 13.2. The van der Waals surface area contributed by atoms with Gasteiger partial charge in [-0.2, -0.15) is 20.7 Å². The Kier molecular flexibility index (Phi) is 4.34. The number of pyridine rings is 1. The molecule has 3 aromatic rings. The van der Waals surface area contributed by atoms with E-state index < -0.39 is 10.0 Å². The number of aromatic nitrogens is 3. The van der Waals surface area contributed by atoms with Gasteiger partial charge in [0.15, 0.2) is 5.65 Å². The van der Waals surface area contributed by atoms with E-state index in [1.54, 1.807) is 29.1 Å². The number of sulfonamides is 1. The zero-order chi connectivity index (χ0) is 18.5. The summed E-state index contributed by atoms with van der Waals surface area (Å²) in [6.07, 6.45) is 1.39. The molecular weight excluding hydrogens is 372 g/mol. The smallest absolute Gasteiger partial charge is 0.244 e. The molecule has 1 fully saturated rings. The zero-order valence-electron chi connectivity index (χ0n) is 14.5. The van der Waals surface area contributed by atoms with Crippen LogP contribution in [-0.2, 0) is 17.1 Å². The molecule has 4 heterocycles. The van der Waals surface area contributed by atoms with Crippen molar-refractivity contribution in [2.75, 3.05) is 19.7 Å². The highest BCUT2D eigenvalue weighted by Crippen LogP contribution is 2.36. The molecule has 0 saturated carbocycles. The third-order valence-electron chi connectivity index (χ3n) is 5.09. The molecule has 1 saturated heterocycles. The molecule has 0 aromatic carbocycles. The quantitative estimate of drug-likeness (QED) is 0.731. The van der Waals surface area contributed by atoms with E-state index >= 15 is 0 Å². The number of hydrogen-bond donors (Lipinski definition) is 1. The summed E-state index contributed by atoms with van der Waals surface area (Å²) in [5.41, 5.74) is 2.49. The van der Waals surface area contributed by atoms with Gasteiger partial charge in [0.05, 0.1) is 5.69 Å². The Balaban J connectivity index is 1.69. The molecule has 9 heteroatoms. The number of hydrogen-bond acceptors (Lipinski definition) is 6. The lowest BCUT2D eigenvalue weighted by Crippen LogP contribution is -2.29. The molecule has 1 N–H and O–H groups in total. The average molecular weight is 393 g/mol. The lowest BCUT2D eigenvalue weighted by Gasteiger charge is -2.16. The van der Waals surface area contributed by atoms with Crippen LogP contribution in [0.1, 0.15) is 17.2 Å². The van der Waals surface area contributed by atoms with Crippen molar-refractivity contribution in [2.24, 2.45) is 13.0 Å². The van der Waals surface area contributed by atoms with Gasteiger partial charge in [0.2, 0.25) is 10.0 Å². The van der Waals surface area contributed by atoms with Crippen LogP contribution in [0, 0.1) is 12.8 Å². The second-order valence-electron chi connectivity index (χ2n) is 6.68. The van der Waals surface area contributed by atoms with Crippen LogP contribution in [0.4, 0.5) is 0 Å². The Morgan fingerprint density at radius 3 is 2.88 bits per heavy atom. The number of aliphatic hydroxyl groups is 1. The summed E-state index contributed by atoms with van der Waals surface area (Å²) in [4.78, 5) is 4.46. The van der Waals surface area contributed by atoms with E-state index in [1.165, 1.54) is 10.5 Å². The van der Waals surface area contributed by atoms with Crippen LogP contribution in [0.25, 0.3) is 11.0 Å². The first kappa shape index (κ1) is 17.6. The number of thiophene rings is 1. The van der Waals surface area contributed by atoms with Crippen molar-refractivity contribution in [2.45, 2.75) is 17.7 Å². The fraction of sp³-hybridized carbons (Fsp3) is 0.412. The van der Waals surface area contributed by atoms with Gasteiger partial charge in [-0.25, -0.2) is 13.4 Å². The molecule has 0 amide bonds. The predicted molar refractivity (Wildman–Crippen MR) is 99.6 cm³/mol.